The summed E-state index contributed by atoms with van der Waals surface area (Å²) in [6.45, 7) is 2.28. The molecule has 2 saturated heterocycles. The number of rotatable bonds is 5. The summed E-state index contributed by atoms with van der Waals surface area (Å²) in [4.78, 5) is 25.9. The molecule has 6 nitrogen and oxygen atoms in total. The molecule has 1 aliphatic carbocycles. The molecule has 3 aliphatic rings. The maximum atomic E-state index is 13.1. The smallest absolute Gasteiger partial charge is 0.225 e. The van der Waals surface area contributed by atoms with E-state index >= 15 is 0 Å². The van der Waals surface area contributed by atoms with E-state index in [0.717, 1.165) is 31.5 Å². The first-order chi connectivity index (χ1) is 14.7. The van der Waals surface area contributed by atoms with E-state index in [9.17, 15) is 9.90 Å². The van der Waals surface area contributed by atoms with Crippen LogP contribution in [0.4, 0.5) is 0 Å². The molecule has 1 spiro atoms. The molecule has 158 valence electrons. The summed E-state index contributed by atoms with van der Waals surface area (Å²) in [5.41, 5.74) is 2.18. The first-order valence-corrected chi connectivity index (χ1v) is 11.2. The second kappa shape index (κ2) is 8.08. The molecule has 1 amide bonds. The van der Waals surface area contributed by atoms with Gasteiger partial charge in [-0.3, -0.25) is 9.69 Å². The van der Waals surface area contributed by atoms with Gasteiger partial charge in [-0.15, -0.1) is 0 Å². The zero-order valence-corrected chi connectivity index (χ0v) is 17.4. The minimum atomic E-state index is -0.116. The van der Waals surface area contributed by atoms with Crippen molar-refractivity contribution in [3.05, 3.63) is 60.2 Å². The summed E-state index contributed by atoms with van der Waals surface area (Å²) >= 11 is 0. The van der Waals surface area contributed by atoms with Crippen LogP contribution in [-0.4, -0.2) is 62.1 Å². The quantitative estimate of drug-likeness (QED) is 0.827. The lowest BCUT2D eigenvalue weighted by molar-refractivity contribution is -0.202. The van der Waals surface area contributed by atoms with E-state index in [-0.39, 0.29) is 30.0 Å². The number of aliphatic hydroxyl groups is 1. The molecule has 0 bridgehead atoms. The molecule has 2 atom stereocenters. The number of likely N-dealkylation sites (tertiary alicyclic amines) is 2. The van der Waals surface area contributed by atoms with Crippen molar-refractivity contribution in [2.24, 2.45) is 5.92 Å². The highest BCUT2D eigenvalue weighted by atomic mass is 16.3. The third-order valence-corrected chi connectivity index (χ3v) is 7.44. The van der Waals surface area contributed by atoms with Crippen molar-refractivity contribution in [1.29, 1.82) is 0 Å². The fourth-order valence-corrected chi connectivity index (χ4v) is 6.00. The van der Waals surface area contributed by atoms with E-state index in [0.29, 0.717) is 12.5 Å². The number of aliphatic hydroxyl groups excluding tert-OH is 1. The molecule has 3 heterocycles. The largest absolute Gasteiger partial charge is 0.395 e. The number of aromatic nitrogens is 2. The Labute approximate surface area is 177 Å². The highest BCUT2D eigenvalue weighted by Crippen LogP contribution is 2.54. The molecule has 3 fully saturated rings. The lowest BCUT2D eigenvalue weighted by Gasteiger charge is -2.71. The van der Waals surface area contributed by atoms with E-state index < -0.39 is 0 Å². The molecule has 0 radical (unpaired) electrons. The predicted octanol–water partition coefficient (Wildman–Crippen LogP) is 2.60. The Balaban J connectivity index is 1.39. The fourth-order valence-electron chi connectivity index (χ4n) is 6.00. The van der Waals surface area contributed by atoms with Gasteiger partial charge < -0.3 is 10.0 Å². The number of carbonyl (C=O) groups is 1. The Morgan fingerprint density at radius 3 is 2.43 bits per heavy atom. The zero-order valence-electron chi connectivity index (χ0n) is 17.4. The van der Waals surface area contributed by atoms with Gasteiger partial charge in [0.1, 0.15) is 6.33 Å². The third-order valence-electron chi connectivity index (χ3n) is 7.44. The van der Waals surface area contributed by atoms with Gasteiger partial charge in [0.05, 0.1) is 12.1 Å². The SMILES string of the molecule is O=C(C1CCCCC1)N1CC2(C1)[C@@H](c1ccccc1)[C@@H](CO)N2Cc1cncnc1. The summed E-state index contributed by atoms with van der Waals surface area (Å²) in [6.07, 6.45) is 10.9. The van der Waals surface area contributed by atoms with Crippen molar-refractivity contribution in [3.63, 3.8) is 0 Å². The summed E-state index contributed by atoms with van der Waals surface area (Å²) < 4.78 is 0. The van der Waals surface area contributed by atoms with E-state index in [4.69, 9.17) is 0 Å². The molecular weight excluding hydrogens is 376 g/mol. The maximum absolute atomic E-state index is 13.1. The standard InChI is InChI=1S/C24H30N4O2/c29-14-21-22(19-7-3-1-4-8-19)24(28(21)13-18-11-25-17-26-12-18)15-27(16-24)23(30)20-9-5-2-6-10-20/h1,3-4,7-8,11-12,17,20-22,29H,2,5-6,9-10,13-16H2/t21-,22+/m1/s1. The Morgan fingerprint density at radius 1 is 1.07 bits per heavy atom. The van der Waals surface area contributed by atoms with E-state index in [1.54, 1.807) is 6.33 Å². The highest BCUT2D eigenvalue weighted by molar-refractivity contribution is 5.80. The van der Waals surface area contributed by atoms with Crippen molar-refractivity contribution >= 4 is 5.91 Å². The summed E-state index contributed by atoms with van der Waals surface area (Å²) in [5.74, 6) is 0.766. The van der Waals surface area contributed by atoms with Gasteiger partial charge in [-0.1, -0.05) is 49.6 Å². The molecule has 5 rings (SSSR count). The average molecular weight is 407 g/mol. The second-order valence-corrected chi connectivity index (χ2v) is 9.15. The third kappa shape index (κ3) is 3.22. The summed E-state index contributed by atoms with van der Waals surface area (Å²) in [5, 5.41) is 10.2. The summed E-state index contributed by atoms with van der Waals surface area (Å²) in [7, 11) is 0. The van der Waals surface area contributed by atoms with Gasteiger partial charge >= 0.3 is 0 Å². The normalized spacial score (nSPS) is 26.2. The molecule has 30 heavy (non-hydrogen) atoms. The maximum Gasteiger partial charge on any atom is 0.225 e. The van der Waals surface area contributed by atoms with Crippen LogP contribution in [0.1, 0.15) is 49.1 Å². The Kier molecular flexibility index (Phi) is 5.29. The molecule has 1 N–H and O–H groups in total. The van der Waals surface area contributed by atoms with Crippen LogP contribution in [0.15, 0.2) is 49.1 Å². The molecule has 6 heteroatoms. The molecule has 1 aromatic heterocycles. The minimum absolute atomic E-state index is 0.0412. The van der Waals surface area contributed by atoms with E-state index in [1.807, 2.05) is 18.5 Å². The monoisotopic (exact) mass is 406 g/mol. The van der Waals surface area contributed by atoms with Crippen molar-refractivity contribution in [1.82, 2.24) is 19.8 Å². The first kappa shape index (κ1) is 19.6. The first-order valence-electron chi connectivity index (χ1n) is 11.2. The van der Waals surface area contributed by atoms with E-state index in [1.165, 1.54) is 24.8 Å². The molecule has 2 aliphatic heterocycles. The molecule has 1 aromatic carbocycles. The summed E-state index contributed by atoms with van der Waals surface area (Å²) in [6, 6.07) is 10.5. The number of hydrogen-bond donors (Lipinski definition) is 1. The van der Waals surface area contributed by atoms with Gasteiger partial charge in [0.2, 0.25) is 5.91 Å². The van der Waals surface area contributed by atoms with Gasteiger partial charge in [-0.25, -0.2) is 9.97 Å². The van der Waals surface area contributed by atoms with Crippen molar-refractivity contribution in [3.8, 4) is 0 Å². The van der Waals surface area contributed by atoms with Crippen LogP contribution in [0.2, 0.25) is 0 Å². The van der Waals surface area contributed by atoms with Gasteiger partial charge in [0.15, 0.2) is 0 Å². The molecule has 0 unspecified atom stereocenters. The highest BCUT2D eigenvalue weighted by Gasteiger charge is 2.66. The van der Waals surface area contributed by atoms with Gasteiger partial charge in [-0.05, 0) is 18.4 Å². The van der Waals surface area contributed by atoms with Crippen LogP contribution in [-0.2, 0) is 11.3 Å². The van der Waals surface area contributed by atoms with Crippen LogP contribution < -0.4 is 0 Å². The van der Waals surface area contributed by atoms with Crippen molar-refractivity contribution < 1.29 is 9.90 Å². The minimum Gasteiger partial charge on any atom is -0.395 e. The zero-order chi connectivity index (χ0) is 20.6. The van der Waals surface area contributed by atoms with Gasteiger partial charge in [0, 0.05) is 55.5 Å². The van der Waals surface area contributed by atoms with Crippen LogP contribution in [0.3, 0.4) is 0 Å². The molecule has 2 aromatic rings. The Bertz CT molecular complexity index is 863. The molecule has 1 saturated carbocycles. The lowest BCUT2D eigenvalue weighted by atomic mass is 9.60. The lowest BCUT2D eigenvalue weighted by Crippen LogP contribution is -2.84. The van der Waals surface area contributed by atoms with Crippen LogP contribution >= 0.6 is 0 Å². The number of carbonyl (C=O) groups excluding carboxylic acids is 1. The predicted molar refractivity (Wildman–Crippen MR) is 114 cm³/mol. The van der Waals surface area contributed by atoms with Crippen molar-refractivity contribution in [2.45, 2.75) is 56.1 Å². The van der Waals surface area contributed by atoms with Crippen molar-refractivity contribution in [2.75, 3.05) is 19.7 Å². The Morgan fingerprint density at radius 2 is 1.77 bits per heavy atom. The van der Waals surface area contributed by atoms with Crippen LogP contribution in [0.25, 0.3) is 0 Å². The Hall–Kier alpha value is -2.31. The number of amides is 1. The van der Waals surface area contributed by atoms with Crippen LogP contribution in [0, 0.1) is 5.92 Å². The van der Waals surface area contributed by atoms with E-state index in [2.05, 4.69) is 44.0 Å². The van der Waals surface area contributed by atoms with Gasteiger partial charge in [-0.2, -0.15) is 0 Å². The number of hydrogen-bond acceptors (Lipinski definition) is 5. The number of benzene rings is 1. The topological polar surface area (TPSA) is 69.6 Å². The number of nitrogens with zero attached hydrogens (tertiary/aromatic N) is 4. The average Bonchev–Trinajstić information content (AvgIpc) is 2.77. The second-order valence-electron chi connectivity index (χ2n) is 9.15. The van der Waals surface area contributed by atoms with Gasteiger partial charge in [0.25, 0.3) is 0 Å². The molecular formula is C24H30N4O2. The van der Waals surface area contributed by atoms with Crippen LogP contribution in [0.5, 0.6) is 0 Å². The fraction of sp³-hybridized carbons (Fsp3) is 0.542.